The minimum atomic E-state index is -2.46. The van der Waals surface area contributed by atoms with Gasteiger partial charge in [0.15, 0.2) is 0 Å². The van der Waals surface area contributed by atoms with Gasteiger partial charge in [-0.05, 0) is 19.1 Å². The number of carboxylic acids is 1. The summed E-state index contributed by atoms with van der Waals surface area (Å²) < 4.78 is 22.9. The molecule has 88 valence electrons. The number of carbonyl (C=O) groups is 1. The zero-order valence-electron chi connectivity index (χ0n) is 8.75. The fraction of sp³-hybridized carbons (Fsp3) is 0.300. The first kappa shape index (κ1) is 12.7. The minimum Gasteiger partial charge on any atom is -0.755 e. The number of aliphatic carboxylic acids is 1. The fourth-order valence-corrected chi connectivity index (χ4v) is 1.73. The molecule has 0 aliphatic rings. The highest BCUT2D eigenvalue weighted by molar-refractivity contribution is 7.80. The van der Waals surface area contributed by atoms with Gasteiger partial charge in [0.2, 0.25) is 0 Å². The van der Waals surface area contributed by atoms with Gasteiger partial charge in [0.25, 0.3) is 0 Å². The number of rotatable bonds is 5. The average molecular weight is 242 g/mol. The molecule has 1 unspecified atom stereocenters. The van der Waals surface area contributed by atoms with Crippen LogP contribution >= 0.6 is 0 Å². The Balaban J connectivity index is 2.81. The number of aryl methyl sites for hydroxylation is 1. The summed E-state index contributed by atoms with van der Waals surface area (Å²) in [4.78, 5) is 10.4. The summed E-state index contributed by atoms with van der Waals surface area (Å²) >= 11 is -2.46. The lowest BCUT2D eigenvalue weighted by atomic mass is 10.2. The van der Waals surface area contributed by atoms with Gasteiger partial charge in [-0.3, -0.25) is 9.00 Å². The molecular formula is C10H12NO4S-. The molecule has 16 heavy (non-hydrogen) atoms. The number of anilines is 1. The van der Waals surface area contributed by atoms with Gasteiger partial charge >= 0.3 is 5.97 Å². The molecule has 1 aromatic rings. The molecule has 1 atom stereocenters. The second-order valence-electron chi connectivity index (χ2n) is 3.30. The summed E-state index contributed by atoms with van der Waals surface area (Å²) in [6, 6.07) is 6.84. The van der Waals surface area contributed by atoms with Crippen LogP contribution in [0.1, 0.15) is 12.0 Å². The lowest BCUT2D eigenvalue weighted by Gasteiger charge is -2.25. The lowest BCUT2D eigenvalue weighted by Crippen LogP contribution is -2.28. The molecule has 0 saturated heterocycles. The molecule has 0 radical (unpaired) electrons. The molecule has 0 aliphatic carbocycles. The fourth-order valence-electron chi connectivity index (χ4n) is 1.20. The predicted octanol–water partition coefficient (Wildman–Crippen LogP) is 1.07. The van der Waals surface area contributed by atoms with Crippen LogP contribution in [0.2, 0.25) is 0 Å². The molecule has 0 aliphatic heterocycles. The number of carboxylic acid groups (broad SMARTS) is 1. The van der Waals surface area contributed by atoms with Gasteiger partial charge in [0.1, 0.15) is 0 Å². The van der Waals surface area contributed by atoms with E-state index in [2.05, 4.69) is 0 Å². The summed E-state index contributed by atoms with van der Waals surface area (Å²) in [5.41, 5.74) is 1.48. The third-order valence-electron chi connectivity index (χ3n) is 2.03. The molecule has 5 nitrogen and oxygen atoms in total. The van der Waals surface area contributed by atoms with E-state index in [-0.39, 0.29) is 13.0 Å². The van der Waals surface area contributed by atoms with Crippen molar-refractivity contribution in [3.8, 4) is 0 Å². The van der Waals surface area contributed by atoms with Crippen LogP contribution in [0.5, 0.6) is 0 Å². The van der Waals surface area contributed by atoms with Gasteiger partial charge in [0, 0.05) is 23.5 Å². The highest BCUT2D eigenvalue weighted by Gasteiger charge is 2.08. The second kappa shape index (κ2) is 5.62. The van der Waals surface area contributed by atoms with E-state index < -0.39 is 17.2 Å². The highest BCUT2D eigenvalue weighted by Crippen LogP contribution is 2.16. The first-order valence-corrected chi connectivity index (χ1v) is 5.69. The molecule has 0 aromatic heterocycles. The Kier molecular flexibility index (Phi) is 4.45. The Bertz CT molecular complexity index is 390. The number of benzene rings is 1. The first-order valence-electron chi connectivity index (χ1n) is 4.66. The summed E-state index contributed by atoms with van der Waals surface area (Å²) in [7, 11) is 0. The normalized spacial score (nSPS) is 12.1. The Morgan fingerprint density at radius 2 is 2.00 bits per heavy atom. The van der Waals surface area contributed by atoms with E-state index in [0.717, 1.165) is 9.87 Å². The number of hydrogen-bond donors (Lipinski definition) is 1. The van der Waals surface area contributed by atoms with Gasteiger partial charge in [-0.1, -0.05) is 17.7 Å². The van der Waals surface area contributed by atoms with E-state index in [9.17, 15) is 13.6 Å². The van der Waals surface area contributed by atoms with Crippen molar-refractivity contribution in [3.63, 3.8) is 0 Å². The van der Waals surface area contributed by atoms with Crippen LogP contribution in [-0.4, -0.2) is 26.4 Å². The Morgan fingerprint density at radius 1 is 1.44 bits per heavy atom. The van der Waals surface area contributed by atoms with Crippen molar-refractivity contribution in [1.82, 2.24) is 0 Å². The average Bonchev–Trinajstić information content (AvgIpc) is 2.20. The molecule has 0 heterocycles. The molecule has 0 bridgehead atoms. The first-order chi connectivity index (χ1) is 7.50. The largest absolute Gasteiger partial charge is 0.755 e. The van der Waals surface area contributed by atoms with Crippen molar-refractivity contribution in [2.45, 2.75) is 13.3 Å². The van der Waals surface area contributed by atoms with Crippen LogP contribution in [0.3, 0.4) is 0 Å². The van der Waals surface area contributed by atoms with Crippen LogP contribution in [-0.2, 0) is 16.1 Å². The minimum absolute atomic E-state index is 0.0610. The smallest absolute Gasteiger partial charge is 0.305 e. The maximum Gasteiger partial charge on any atom is 0.305 e. The van der Waals surface area contributed by atoms with Crippen molar-refractivity contribution in [2.75, 3.05) is 10.8 Å². The molecule has 6 heteroatoms. The molecule has 0 saturated carbocycles. The van der Waals surface area contributed by atoms with E-state index in [1.807, 2.05) is 6.92 Å². The standard InChI is InChI=1S/C10H13NO4S/c1-8-2-4-9(5-3-8)11(16(14)15)7-6-10(12)13/h2-5H,6-7H2,1H3,(H,12,13)(H,14,15)/p-1. The Hall–Kier alpha value is -1.40. The highest BCUT2D eigenvalue weighted by atomic mass is 32.2. The monoisotopic (exact) mass is 242 g/mol. The van der Waals surface area contributed by atoms with Gasteiger partial charge in [0.05, 0.1) is 6.42 Å². The quantitative estimate of drug-likeness (QED) is 0.783. The maximum atomic E-state index is 10.9. The van der Waals surface area contributed by atoms with Crippen LogP contribution in [0.25, 0.3) is 0 Å². The third kappa shape index (κ3) is 3.63. The van der Waals surface area contributed by atoms with Crippen molar-refractivity contribution < 1.29 is 18.7 Å². The molecular weight excluding hydrogens is 230 g/mol. The second-order valence-corrected chi connectivity index (χ2v) is 4.17. The van der Waals surface area contributed by atoms with E-state index in [0.29, 0.717) is 5.69 Å². The summed E-state index contributed by atoms with van der Waals surface area (Å²) in [6.07, 6.45) is -0.220. The van der Waals surface area contributed by atoms with Crippen LogP contribution in [0.15, 0.2) is 24.3 Å². The summed E-state index contributed by atoms with van der Waals surface area (Å²) in [5.74, 6) is -1.03. The zero-order valence-corrected chi connectivity index (χ0v) is 9.57. The SMILES string of the molecule is Cc1ccc(N(CCC(=O)O)S(=O)[O-])cc1. The van der Waals surface area contributed by atoms with Crippen molar-refractivity contribution in [3.05, 3.63) is 29.8 Å². The van der Waals surface area contributed by atoms with E-state index >= 15 is 0 Å². The van der Waals surface area contributed by atoms with Gasteiger partial charge < -0.3 is 14.0 Å². The third-order valence-corrected chi connectivity index (χ3v) is 2.78. The predicted molar refractivity (Wildman–Crippen MR) is 59.7 cm³/mol. The molecule has 1 rings (SSSR count). The summed E-state index contributed by atoms with van der Waals surface area (Å²) in [6.45, 7) is 1.83. The van der Waals surface area contributed by atoms with Crippen molar-refractivity contribution in [1.29, 1.82) is 0 Å². The molecule has 0 amide bonds. The maximum absolute atomic E-state index is 10.9. The zero-order chi connectivity index (χ0) is 12.1. The van der Waals surface area contributed by atoms with E-state index in [1.54, 1.807) is 24.3 Å². The van der Waals surface area contributed by atoms with Gasteiger partial charge in [-0.25, -0.2) is 0 Å². The summed E-state index contributed by atoms with van der Waals surface area (Å²) in [5, 5.41) is 8.51. The molecule has 1 N–H and O–H groups in total. The lowest BCUT2D eigenvalue weighted by molar-refractivity contribution is -0.136. The van der Waals surface area contributed by atoms with Gasteiger partial charge in [-0.15, -0.1) is 0 Å². The van der Waals surface area contributed by atoms with Crippen molar-refractivity contribution >= 4 is 22.9 Å². The van der Waals surface area contributed by atoms with Crippen LogP contribution in [0.4, 0.5) is 5.69 Å². The molecule has 0 fully saturated rings. The van der Waals surface area contributed by atoms with Crippen LogP contribution < -0.4 is 4.31 Å². The Morgan fingerprint density at radius 3 is 2.44 bits per heavy atom. The number of nitrogens with zero attached hydrogens (tertiary/aromatic N) is 1. The molecule has 0 spiro atoms. The molecule has 1 aromatic carbocycles. The van der Waals surface area contributed by atoms with Gasteiger partial charge in [-0.2, -0.15) is 0 Å². The van der Waals surface area contributed by atoms with E-state index in [4.69, 9.17) is 5.11 Å². The topological polar surface area (TPSA) is 80.7 Å². The van der Waals surface area contributed by atoms with E-state index in [1.165, 1.54) is 0 Å². The number of hydrogen-bond acceptors (Lipinski definition) is 3. The van der Waals surface area contributed by atoms with Crippen molar-refractivity contribution in [2.24, 2.45) is 0 Å². The Labute approximate surface area is 96.1 Å². The van der Waals surface area contributed by atoms with Crippen LogP contribution in [0, 0.1) is 6.92 Å².